The number of nitrogens with zero attached hydrogens (tertiary/aromatic N) is 1. The largest absolute Gasteiger partial charge is 0.469 e. The van der Waals surface area contributed by atoms with Crippen LogP contribution in [0.25, 0.3) is 0 Å². The highest BCUT2D eigenvalue weighted by molar-refractivity contribution is 5.70. The van der Waals surface area contributed by atoms with Gasteiger partial charge < -0.3 is 9.26 Å². The predicted octanol–water partition coefficient (Wildman–Crippen LogP) is 2.76. The van der Waals surface area contributed by atoms with Gasteiger partial charge in [0.1, 0.15) is 11.7 Å². The van der Waals surface area contributed by atoms with Crippen LogP contribution in [0.1, 0.15) is 42.6 Å². The Labute approximate surface area is 101 Å². The zero-order valence-corrected chi connectivity index (χ0v) is 9.66. The number of hydrogen-bond acceptors (Lipinski definition) is 4. The van der Waals surface area contributed by atoms with Crippen LogP contribution in [0, 0.1) is 0 Å². The van der Waals surface area contributed by atoms with Gasteiger partial charge in [-0.1, -0.05) is 5.16 Å². The molecule has 1 aliphatic rings. The first-order valence-corrected chi connectivity index (χ1v) is 5.52. The first kappa shape index (κ1) is 12.9. The molecule has 0 N–H and O–H groups in total. The van der Waals surface area contributed by atoms with E-state index in [-0.39, 0.29) is 11.6 Å². The lowest BCUT2D eigenvalue weighted by Crippen LogP contribution is -2.24. The molecule has 0 aliphatic heterocycles. The number of carbonyl (C=O) groups is 1. The van der Waals surface area contributed by atoms with Crippen molar-refractivity contribution in [1.82, 2.24) is 5.16 Å². The predicted molar refractivity (Wildman–Crippen MR) is 53.9 cm³/mol. The average molecular weight is 263 g/mol. The van der Waals surface area contributed by atoms with Crippen LogP contribution in [-0.2, 0) is 9.53 Å². The van der Waals surface area contributed by atoms with Gasteiger partial charge in [0.2, 0.25) is 0 Å². The lowest BCUT2D eigenvalue weighted by Gasteiger charge is -2.16. The Morgan fingerprint density at radius 3 is 2.78 bits per heavy atom. The zero-order chi connectivity index (χ0) is 13.3. The van der Waals surface area contributed by atoms with Crippen LogP contribution in [-0.4, -0.2) is 24.4 Å². The molecule has 18 heavy (non-hydrogen) atoms. The van der Waals surface area contributed by atoms with Gasteiger partial charge in [-0.05, 0) is 12.8 Å². The van der Waals surface area contributed by atoms with Gasteiger partial charge in [0.15, 0.2) is 0 Å². The molecule has 0 saturated heterocycles. The van der Waals surface area contributed by atoms with Gasteiger partial charge in [0.05, 0.1) is 19.2 Å². The number of rotatable bonds is 4. The maximum Gasteiger partial charge on any atom is 0.397 e. The first-order valence-electron chi connectivity index (χ1n) is 5.52. The average Bonchev–Trinajstić information content (AvgIpc) is 3.03. The quantitative estimate of drug-likeness (QED) is 0.784. The van der Waals surface area contributed by atoms with Gasteiger partial charge in [-0.3, -0.25) is 4.79 Å². The van der Waals surface area contributed by atoms with Crippen molar-refractivity contribution < 1.29 is 27.2 Å². The van der Waals surface area contributed by atoms with E-state index >= 15 is 0 Å². The van der Waals surface area contributed by atoms with E-state index in [1.807, 2.05) is 0 Å². The molecule has 1 aliphatic carbocycles. The fourth-order valence-electron chi connectivity index (χ4n) is 1.67. The fourth-order valence-corrected chi connectivity index (χ4v) is 1.67. The summed E-state index contributed by atoms with van der Waals surface area (Å²) < 4.78 is 47.7. The Bertz CT molecular complexity index is 437. The molecule has 4 nitrogen and oxygen atoms in total. The molecule has 7 heteroatoms. The minimum atomic E-state index is -4.55. The van der Waals surface area contributed by atoms with Crippen molar-refractivity contribution in [3.63, 3.8) is 0 Å². The van der Waals surface area contributed by atoms with Crippen molar-refractivity contribution in [2.24, 2.45) is 0 Å². The van der Waals surface area contributed by atoms with Crippen LogP contribution in [0.5, 0.6) is 0 Å². The molecule has 0 aromatic carbocycles. The third-order valence-electron chi connectivity index (χ3n) is 2.88. The fraction of sp³-hybridized carbons (Fsp3) is 0.636. The summed E-state index contributed by atoms with van der Waals surface area (Å²) in [5, 5.41) is 3.43. The third-order valence-corrected chi connectivity index (χ3v) is 2.88. The second-order valence-electron chi connectivity index (χ2n) is 4.30. The lowest BCUT2D eigenvalue weighted by atomic mass is 10.0. The summed E-state index contributed by atoms with van der Waals surface area (Å²) in [6.45, 7) is 0. The van der Waals surface area contributed by atoms with E-state index in [4.69, 9.17) is 4.52 Å². The van der Waals surface area contributed by atoms with E-state index in [9.17, 15) is 18.0 Å². The van der Waals surface area contributed by atoms with Crippen LogP contribution < -0.4 is 0 Å². The second kappa shape index (κ2) is 4.62. The highest BCUT2D eigenvalue weighted by Gasteiger charge is 2.44. The smallest absolute Gasteiger partial charge is 0.397 e. The number of hydrogen-bond donors (Lipinski definition) is 0. The minimum absolute atomic E-state index is 0.179. The summed E-state index contributed by atoms with van der Waals surface area (Å²) in [4.78, 5) is 11.0. The number of esters is 1. The van der Waals surface area contributed by atoms with Gasteiger partial charge in [-0.15, -0.1) is 0 Å². The Balaban J connectivity index is 2.18. The van der Waals surface area contributed by atoms with Crippen LogP contribution in [0.15, 0.2) is 10.6 Å². The normalized spacial score (nSPS) is 17.6. The number of aromatic nitrogens is 1. The van der Waals surface area contributed by atoms with Crippen molar-refractivity contribution in [2.45, 2.75) is 37.3 Å². The van der Waals surface area contributed by atoms with Crippen molar-refractivity contribution in [1.29, 1.82) is 0 Å². The molecule has 1 saturated carbocycles. The Morgan fingerprint density at radius 1 is 1.61 bits per heavy atom. The Morgan fingerprint density at radius 2 is 2.28 bits per heavy atom. The van der Waals surface area contributed by atoms with E-state index in [0.29, 0.717) is 5.76 Å². The molecule has 100 valence electrons. The zero-order valence-electron chi connectivity index (χ0n) is 9.66. The van der Waals surface area contributed by atoms with Crippen molar-refractivity contribution in [3.05, 3.63) is 17.5 Å². The Hall–Kier alpha value is -1.53. The summed E-state index contributed by atoms with van der Waals surface area (Å²) in [6, 6.07) is 1.29. The molecule has 1 fully saturated rings. The number of alkyl halides is 3. The number of ether oxygens (including phenoxy) is 1. The summed E-state index contributed by atoms with van der Waals surface area (Å²) in [5.41, 5.74) is -0.255. The van der Waals surface area contributed by atoms with Crippen molar-refractivity contribution >= 4 is 5.97 Å². The molecular formula is C11H12F3NO3. The molecule has 1 unspecified atom stereocenters. The molecule has 0 bridgehead atoms. The van der Waals surface area contributed by atoms with E-state index < -0.39 is 24.5 Å². The lowest BCUT2D eigenvalue weighted by molar-refractivity contribution is -0.165. The minimum Gasteiger partial charge on any atom is -0.469 e. The van der Waals surface area contributed by atoms with Gasteiger partial charge >= 0.3 is 12.1 Å². The highest BCUT2D eigenvalue weighted by atomic mass is 19.4. The topological polar surface area (TPSA) is 52.3 Å². The molecule has 0 spiro atoms. The summed E-state index contributed by atoms with van der Waals surface area (Å²) in [6.07, 6.45) is -3.52. The maximum absolute atomic E-state index is 12.8. The SMILES string of the molecule is COC(=O)CC(c1cc(C2CC2)on1)C(F)(F)F. The van der Waals surface area contributed by atoms with E-state index in [2.05, 4.69) is 9.89 Å². The summed E-state index contributed by atoms with van der Waals surface area (Å²) in [5.74, 6) is -2.25. The molecular weight excluding hydrogens is 251 g/mol. The van der Waals surface area contributed by atoms with Crippen LogP contribution >= 0.6 is 0 Å². The molecule has 1 aromatic rings. The van der Waals surface area contributed by atoms with E-state index in [0.717, 1.165) is 20.0 Å². The Kier molecular flexibility index (Phi) is 3.32. The standard InChI is InChI=1S/C11H12F3NO3/c1-17-10(16)4-7(11(12,13)14)8-5-9(18-15-8)6-2-3-6/h5-7H,2-4H2,1H3. The van der Waals surface area contributed by atoms with Crippen LogP contribution in [0.2, 0.25) is 0 Å². The van der Waals surface area contributed by atoms with Gasteiger partial charge in [-0.25, -0.2) is 0 Å². The number of methoxy groups -OCH3 is 1. The van der Waals surface area contributed by atoms with Crippen LogP contribution in [0.3, 0.4) is 0 Å². The van der Waals surface area contributed by atoms with Gasteiger partial charge in [0, 0.05) is 12.0 Å². The highest BCUT2D eigenvalue weighted by Crippen LogP contribution is 2.43. The second-order valence-corrected chi connectivity index (χ2v) is 4.30. The van der Waals surface area contributed by atoms with E-state index in [1.54, 1.807) is 0 Å². The van der Waals surface area contributed by atoms with E-state index in [1.165, 1.54) is 6.07 Å². The van der Waals surface area contributed by atoms with Crippen molar-refractivity contribution in [2.75, 3.05) is 7.11 Å². The molecule has 0 amide bonds. The first-order chi connectivity index (χ1) is 8.41. The monoisotopic (exact) mass is 263 g/mol. The maximum atomic E-state index is 12.8. The molecule has 1 aromatic heterocycles. The molecule has 1 atom stereocenters. The number of carbonyl (C=O) groups excluding carboxylic acids is 1. The summed E-state index contributed by atoms with van der Waals surface area (Å²) in [7, 11) is 1.05. The van der Waals surface area contributed by atoms with Crippen LogP contribution in [0.4, 0.5) is 13.2 Å². The number of halogens is 3. The summed E-state index contributed by atoms with van der Waals surface area (Å²) >= 11 is 0. The van der Waals surface area contributed by atoms with Gasteiger partial charge in [-0.2, -0.15) is 13.2 Å². The van der Waals surface area contributed by atoms with Gasteiger partial charge in [0.25, 0.3) is 0 Å². The molecule has 2 rings (SSSR count). The molecule has 0 radical (unpaired) electrons. The van der Waals surface area contributed by atoms with Crippen molar-refractivity contribution in [3.8, 4) is 0 Å². The third kappa shape index (κ3) is 2.83. The molecule has 1 heterocycles.